The molecule has 0 radical (unpaired) electrons. The molecular weight excluding hydrogens is 522 g/mol. The van der Waals surface area contributed by atoms with Crippen LogP contribution in [0.3, 0.4) is 0 Å². The molecule has 0 aromatic carbocycles. The van der Waals surface area contributed by atoms with Crippen molar-refractivity contribution < 1.29 is 28.0 Å². The number of carbonyl (C=O) groups is 3. The van der Waals surface area contributed by atoms with Crippen molar-refractivity contribution >= 4 is 50.7 Å². The largest absolute Gasteiger partial charge is 0.369 e. The zero-order valence-corrected chi connectivity index (χ0v) is 23.7. The lowest BCUT2D eigenvalue weighted by atomic mass is 9.83. The van der Waals surface area contributed by atoms with Gasteiger partial charge in [0.2, 0.25) is 34.2 Å². The predicted molar refractivity (Wildman–Crippen MR) is 142 cm³/mol. The first kappa shape index (κ1) is 32.2. The number of amides is 3. The van der Waals surface area contributed by atoms with E-state index in [1.54, 1.807) is 26.2 Å². The van der Waals surface area contributed by atoms with Gasteiger partial charge in [0.05, 0.1) is 18.2 Å². The molecule has 1 heterocycles. The van der Waals surface area contributed by atoms with E-state index in [-0.39, 0.29) is 37.2 Å². The molecule has 3 amide bonds. The molecule has 0 unspecified atom stereocenters. The number of hydroxylamine groups is 2. The molecule has 0 aliphatic rings. The lowest BCUT2D eigenvalue weighted by Gasteiger charge is -2.35. The van der Waals surface area contributed by atoms with Crippen LogP contribution in [0.4, 0.5) is 5.13 Å². The average Bonchev–Trinajstić information content (AvgIpc) is 3.27. The molecule has 210 valence electrons. The van der Waals surface area contributed by atoms with Gasteiger partial charge in [-0.15, -0.1) is 11.3 Å². The van der Waals surface area contributed by atoms with Crippen LogP contribution in [0.25, 0.3) is 0 Å². The molecule has 0 bridgehead atoms. The summed E-state index contributed by atoms with van der Waals surface area (Å²) >= 11 is 1.22. The average molecular weight is 562 g/mol. The fourth-order valence-corrected chi connectivity index (χ4v) is 4.88. The van der Waals surface area contributed by atoms with E-state index in [0.29, 0.717) is 16.6 Å². The standard InChI is InChI=1S/C22H39N7O6S2/c1-13(2)11-16(18(14(3)4)29(33)12-30)19(31)26-17(20(32)27-22-25-9-10-36-22)15(5)7-8-24-21(23)28-37(6,34)35/h9-10,12-18,33H,7-8,11H2,1-6H3,(H,26,31)(H3,23,24,28)(H,25,27,32)/t15-,16+,17+,18+/m1/s1. The van der Waals surface area contributed by atoms with Crippen molar-refractivity contribution in [1.82, 2.24) is 20.1 Å². The van der Waals surface area contributed by atoms with Gasteiger partial charge in [0.15, 0.2) is 5.13 Å². The van der Waals surface area contributed by atoms with Crippen molar-refractivity contribution in [2.24, 2.45) is 34.4 Å². The Morgan fingerprint density at radius 1 is 1.24 bits per heavy atom. The lowest BCUT2D eigenvalue weighted by molar-refractivity contribution is -0.174. The summed E-state index contributed by atoms with van der Waals surface area (Å²) in [5, 5.41) is 18.3. The van der Waals surface area contributed by atoms with Crippen molar-refractivity contribution in [2.75, 3.05) is 18.1 Å². The fraction of sp³-hybridized carbons (Fsp3) is 0.682. The van der Waals surface area contributed by atoms with Crippen LogP contribution in [-0.4, -0.2) is 72.7 Å². The molecule has 0 saturated heterocycles. The Morgan fingerprint density at radius 3 is 2.38 bits per heavy atom. The summed E-state index contributed by atoms with van der Waals surface area (Å²) in [5.74, 6) is -2.68. The number of nitrogens with zero attached hydrogens (tertiary/aromatic N) is 3. The number of rotatable bonds is 15. The number of anilines is 1. The third kappa shape index (κ3) is 11.4. The molecule has 4 atom stereocenters. The SMILES string of the molecule is CC(C)C[C@H](C(=O)N[C@H](C(=O)Nc1nccs1)[C@H](C)CCN=C(N)NS(C)(=O)=O)[C@H](C(C)C)N(O)C=O. The van der Waals surface area contributed by atoms with Crippen molar-refractivity contribution in [3.63, 3.8) is 0 Å². The highest BCUT2D eigenvalue weighted by atomic mass is 32.2. The van der Waals surface area contributed by atoms with Crippen molar-refractivity contribution in [2.45, 2.75) is 59.5 Å². The summed E-state index contributed by atoms with van der Waals surface area (Å²) in [5.41, 5.74) is 5.59. The van der Waals surface area contributed by atoms with Gasteiger partial charge < -0.3 is 16.4 Å². The van der Waals surface area contributed by atoms with E-state index >= 15 is 0 Å². The third-order valence-corrected chi connectivity index (χ3v) is 6.81. The molecule has 0 aliphatic heterocycles. The maximum absolute atomic E-state index is 13.5. The van der Waals surface area contributed by atoms with Gasteiger partial charge in [-0.2, -0.15) is 0 Å². The number of carbonyl (C=O) groups excluding carboxylic acids is 3. The molecule has 0 saturated carbocycles. The number of aliphatic imine (C=N–C) groups is 1. The molecule has 37 heavy (non-hydrogen) atoms. The molecule has 0 fully saturated rings. The van der Waals surface area contributed by atoms with Crippen molar-refractivity contribution in [3.8, 4) is 0 Å². The minimum Gasteiger partial charge on any atom is -0.369 e. The molecule has 1 aromatic rings. The van der Waals surface area contributed by atoms with Gasteiger partial charge in [0, 0.05) is 18.1 Å². The van der Waals surface area contributed by atoms with E-state index in [0.717, 1.165) is 6.26 Å². The zero-order valence-electron chi connectivity index (χ0n) is 22.0. The highest BCUT2D eigenvalue weighted by Gasteiger charge is 2.37. The first-order valence-electron chi connectivity index (χ1n) is 11.9. The first-order valence-corrected chi connectivity index (χ1v) is 14.6. The third-order valence-electron chi connectivity index (χ3n) is 5.54. The number of hydrogen-bond donors (Lipinski definition) is 5. The first-order chi connectivity index (χ1) is 17.2. The zero-order chi connectivity index (χ0) is 28.3. The van der Waals surface area contributed by atoms with Crippen molar-refractivity contribution in [3.05, 3.63) is 11.6 Å². The summed E-state index contributed by atoms with van der Waals surface area (Å²) in [7, 11) is -3.57. The Kier molecular flexibility index (Phi) is 12.9. The van der Waals surface area contributed by atoms with Gasteiger partial charge in [-0.05, 0) is 30.6 Å². The quantitative estimate of drug-likeness (QED) is 0.0687. The Morgan fingerprint density at radius 2 is 1.89 bits per heavy atom. The van der Waals surface area contributed by atoms with Gasteiger partial charge in [-0.1, -0.05) is 34.6 Å². The molecule has 13 nitrogen and oxygen atoms in total. The second-order valence-corrected chi connectivity index (χ2v) is 12.3. The van der Waals surface area contributed by atoms with Crippen LogP contribution in [0.15, 0.2) is 16.6 Å². The van der Waals surface area contributed by atoms with Crippen molar-refractivity contribution in [1.29, 1.82) is 0 Å². The highest BCUT2D eigenvalue weighted by Crippen LogP contribution is 2.25. The molecule has 0 spiro atoms. The van der Waals surface area contributed by atoms with Gasteiger partial charge in [0.25, 0.3) is 0 Å². The van der Waals surface area contributed by atoms with Gasteiger partial charge in [-0.3, -0.25) is 29.3 Å². The number of nitrogens with one attached hydrogen (secondary N) is 3. The Bertz CT molecular complexity index is 1010. The Hall–Kier alpha value is -2.78. The molecular formula is C22H39N7O6S2. The lowest BCUT2D eigenvalue weighted by Crippen LogP contribution is -2.54. The second-order valence-electron chi connectivity index (χ2n) is 9.68. The number of guanidine groups is 1. The van der Waals surface area contributed by atoms with E-state index in [9.17, 15) is 28.0 Å². The fourth-order valence-electron chi connectivity index (χ4n) is 3.91. The van der Waals surface area contributed by atoms with Crippen LogP contribution in [0.2, 0.25) is 0 Å². The van der Waals surface area contributed by atoms with Crippen LogP contribution in [0.1, 0.15) is 47.5 Å². The summed E-state index contributed by atoms with van der Waals surface area (Å²) in [4.78, 5) is 46.1. The van der Waals surface area contributed by atoms with Crippen LogP contribution >= 0.6 is 11.3 Å². The maximum atomic E-state index is 13.5. The van der Waals surface area contributed by atoms with Crippen LogP contribution < -0.4 is 21.1 Å². The van der Waals surface area contributed by atoms with Crippen LogP contribution in [0.5, 0.6) is 0 Å². The number of nitrogens with two attached hydrogens (primary N) is 1. The summed E-state index contributed by atoms with van der Waals surface area (Å²) < 4.78 is 24.7. The van der Waals surface area contributed by atoms with Crippen LogP contribution in [-0.2, 0) is 24.4 Å². The minimum atomic E-state index is -3.57. The monoisotopic (exact) mass is 561 g/mol. The molecule has 6 N–H and O–H groups in total. The summed E-state index contributed by atoms with van der Waals surface area (Å²) in [6, 6.07) is -1.81. The summed E-state index contributed by atoms with van der Waals surface area (Å²) in [6.45, 7) is 9.25. The molecule has 1 rings (SSSR count). The van der Waals surface area contributed by atoms with Gasteiger partial charge in [-0.25, -0.2) is 18.5 Å². The van der Waals surface area contributed by atoms with E-state index < -0.39 is 45.8 Å². The smallest absolute Gasteiger partial charge is 0.249 e. The van der Waals surface area contributed by atoms with E-state index in [1.165, 1.54) is 17.5 Å². The molecule has 0 aliphatic carbocycles. The predicted octanol–water partition coefficient (Wildman–Crippen LogP) is 0.991. The van der Waals surface area contributed by atoms with Gasteiger partial charge >= 0.3 is 0 Å². The highest BCUT2D eigenvalue weighted by molar-refractivity contribution is 7.89. The number of aromatic nitrogens is 1. The van der Waals surface area contributed by atoms with E-state index in [1.807, 2.05) is 13.8 Å². The van der Waals surface area contributed by atoms with E-state index in [4.69, 9.17) is 5.73 Å². The normalized spacial score (nSPS) is 15.5. The number of thiazole rings is 1. The number of sulfonamides is 1. The van der Waals surface area contributed by atoms with Gasteiger partial charge in [0.1, 0.15) is 6.04 Å². The maximum Gasteiger partial charge on any atom is 0.249 e. The molecule has 15 heteroatoms. The Labute approximate surface area is 222 Å². The topological polar surface area (TPSA) is 196 Å². The molecule has 1 aromatic heterocycles. The second kappa shape index (κ2) is 14.8. The van der Waals surface area contributed by atoms with Crippen LogP contribution in [0, 0.1) is 23.7 Å². The van der Waals surface area contributed by atoms with E-state index in [2.05, 4.69) is 25.3 Å². The minimum absolute atomic E-state index is 0.0664. The summed E-state index contributed by atoms with van der Waals surface area (Å²) in [6.07, 6.45) is 3.40. The Balaban J connectivity index is 3.18. The number of hydrogen-bond acceptors (Lipinski definition) is 9.